The van der Waals surface area contributed by atoms with Crippen LogP contribution >= 0.6 is 0 Å². The summed E-state index contributed by atoms with van der Waals surface area (Å²) in [5.41, 5.74) is 3.06. The molecule has 0 amide bonds. The third-order valence-corrected chi connectivity index (χ3v) is 4.28. The topological polar surface area (TPSA) is 30.7 Å². The summed E-state index contributed by atoms with van der Waals surface area (Å²) in [5, 5.41) is 8.71. The Morgan fingerprint density at radius 2 is 1.89 bits per heavy atom. The summed E-state index contributed by atoms with van der Waals surface area (Å²) in [7, 11) is 0. The van der Waals surface area contributed by atoms with Crippen LogP contribution in [-0.4, -0.2) is 15.0 Å². The molecule has 0 saturated carbocycles. The molecule has 0 bridgehead atoms. The van der Waals surface area contributed by atoms with Crippen LogP contribution in [-0.2, 0) is 12.8 Å². The molecule has 1 unspecified atom stereocenters. The lowest BCUT2D eigenvalue weighted by Crippen LogP contribution is -2.23. The Morgan fingerprint density at radius 1 is 1.17 bits per heavy atom. The van der Waals surface area contributed by atoms with Gasteiger partial charge in [-0.05, 0) is 57.3 Å². The Labute approximate surface area is 111 Å². The molecule has 0 saturated heterocycles. The first-order chi connectivity index (χ1) is 8.39. The van der Waals surface area contributed by atoms with Crippen LogP contribution in [0.1, 0.15) is 71.3 Å². The monoisotopic (exact) mass is 249 g/mol. The zero-order chi connectivity index (χ0) is 13.3. The molecule has 0 spiro atoms. The van der Waals surface area contributed by atoms with Crippen LogP contribution in [0.2, 0.25) is 0 Å². The van der Waals surface area contributed by atoms with E-state index in [4.69, 9.17) is 0 Å². The van der Waals surface area contributed by atoms with Crippen molar-refractivity contribution in [3.63, 3.8) is 0 Å². The Hall–Kier alpha value is -0.860. The van der Waals surface area contributed by atoms with Crippen LogP contribution in [0.15, 0.2) is 0 Å². The quantitative estimate of drug-likeness (QED) is 0.758. The standard InChI is InChI=1S/C15H27N3/c1-11(2)18-14-10-9-12(15(3,4)5)7-6-8-13(14)16-17-18/h11-12H,6-10H2,1-5H3. The van der Waals surface area contributed by atoms with Crippen LogP contribution in [0, 0.1) is 11.3 Å². The van der Waals surface area contributed by atoms with Gasteiger partial charge in [0, 0.05) is 6.04 Å². The molecule has 1 aromatic rings. The number of hydrogen-bond acceptors (Lipinski definition) is 2. The first kappa shape index (κ1) is 13.6. The Morgan fingerprint density at radius 3 is 2.50 bits per heavy atom. The van der Waals surface area contributed by atoms with Gasteiger partial charge >= 0.3 is 0 Å². The van der Waals surface area contributed by atoms with Crippen molar-refractivity contribution in [3.8, 4) is 0 Å². The highest BCUT2D eigenvalue weighted by molar-refractivity contribution is 5.12. The molecule has 1 atom stereocenters. The van der Waals surface area contributed by atoms with Crippen LogP contribution in [0.3, 0.4) is 0 Å². The Balaban J connectivity index is 2.20. The van der Waals surface area contributed by atoms with E-state index in [0.717, 1.165) is 18.8 Å². The molecule has 0 radical (unpaired) electrons. The van der Waals surface area contributed by atoms with Gasteiger partial charge in [0.25, 0.3) is 0 Å². The molecule has 1 heterocycles. The molecule has 1 aromatic heterocycles. The van der Waals surface area contributed by atoms with Gasteiger partial charge in [-0.15, -0.1) is 5.10 Å². The first-order valence-electron chi connectivity index (χ1n) is 7.32. The van der Waals surface area contributed by atoms with Gasteiger partial charge in [0.1, 0.15) is 0 Å². The smallest absolute Gasteiger partial charge is 0.0859 e. The molecule has 1 aliphatic carbocycles. The van der Waals surface area contributed by atoms with Crippen molar-refractivity contribution in [1.82, 2.24) is 15.0 Å². The summed E-state index contributed by atoms with van der Waals surface area (Å²) >= 11 is 0. The van der Waals surface area contributed by atoms with Gasteiger partial charge in [-0.1, -0.05) is 26.0 Å². The maximum Gasteiger partial charge on any atom is 0.0859 e. The van der Waals surface area contributed by atoms with E-state index >= 15 is 0 Å². The van der Waals surface area contributed by atoms with Gasteiger partial charge in [0.2, 0.25) is 0 Å². The lowest BCUT2D eigenvalue weighted by molar-refractivity contribution is 0.204. The van der Waals surface area contributed by atoms with Crippen molar-refractivity contribution in [3.05, 3.63) is 11.4 Å². The normalized spacial score (nSPS) is 21.6. The number of aryl methyl sites for hydroxylation is 1. The van der Waals surface area contributed by atoms with Gasteiger partial charge < -0.3 is 0 Å². The second kappa shape index (κ2) is 5.02. The molecule has 3 nitrogen and oxygen atoms in total. The Kier molecular flexibility index (Phi) is 3.79. The summed E-state index contributed by atoms with van der Waals surface area (Å²) < 4.78 is 2.13. The fraction of sp³-hybridized carbons (Fsp3) is 0.867. The minimum atomic E-state index is 0.424. The summed E-state index contributed by atoms with van der Waals surface area (Å²) in [6.45, 7) is 11.5. The third kappa shape index (κ3) is 2.76. The molecule has 2 rings (SSSR count). The maximum atomic E-state index is 4.38. The minimum absolute atomic E-state index is 0.424. The average Bonchev–Trinajstić information content (AvgIpc) is 2.58. The minimum Gasteiger partial charge on any atom is -0.247 e. The molecule has 0 aliphatic heterocycles. The second-order valence-corrected chi connectivity index (χ2v) is 7.02. The zero-order valence-corrected chi connectivity index (χ0v) is 12.5. The van der Waals surface area contributed by atoms with E-state index in [2.05, 4.69) is 49.6 Å². The lowest BCUT2D eigenvalue weighted by atomic mass is 9.74. The average molecular weight is 249 g/mol. The molecular formula is C15H27N3. The van der Waals surface area contributed by atoms with Gasteiger partial charge in [-0.25, -0.2) is 4.68 Å². The van der Waals surface area contributed by atoms with Crippen LogP contribution in [0.4, 0.5) is 0 Å². The van der Waals surface area contributed by atoms with E-state index in [0.29, 0.717) is 11.5 Å². The molecule has 0 aromatic carbocycles. The fourth-order valence-corrected chi connectivity index (χ4v) is 3.05. The van der Waals surface area contributed by atoms with Crippen molar-refractivity contribution in [2.45, 2.75) is 72.8 Å². The zero-order valence-electron chi connectivity index (χ0n) is 12.5. The number of fused-ring (bicyclic) bond motifs is 1. The van der Waals surface area contributed by atoms with Gasteiger partial charge in [0.15, 0.2) is 0 Å². The molecule has 0 fully saturated rings. The van der Waals surface area contributed by atoms with E-state index in [9.17, 15) is 0 Å². The second-order valence-electron chi connectivity index (χ2n) is 7.02. The number of rotatable bonds is 1. The molecule has 18 heavy (non-hydrogen) atoms. The highest BCUT2D eigenvalue weighted by Crippen LogP contribution is 2.35. The largest absolute Gasteiger partial charge is 0.247 e. The highest BCUT2D eigenvalue weighted by atomic mass is 15.4. The fourth-order valence-electron chi connectivity index (χ4n) is 3.05. The van der Waals surface area contributed by atoms with Crippen molar-refractivity contribution in [1.29, 1.82) is 0 Å². The summed E-state index contributed by atoms with van der Waals surface area (Å²) in [5.74, 6) is 0.821. The van der Waals surface area contributed by atoms with Gasteiger partial charge in [0.05, 0.1) is 11.4 Å². The van der Waals surface area contributed by atoms with Crippen molar-refractivity contribution >= 4 is 0 Å². The number of hydrogen-bond donors (Lipinski definition) is 0. The van der Waals surface area contributed by atoms with E-state index < -0.39 is 0 Å². The first-order valence-corrected chi connectivity index (χ1v) is 7.32. The van der Waals surface area contributed by atoms with E-state index in [1.807, 2.05) is 0 Å². The lowest BCUT2D eigenvalue weighted by Gasteiger charge is -2.32. The van der Waals surface area contributed by atoms with Crippen LogP contribution in [0.25, 0.3) is 0 Å². The predicted molar refractivity (Wildman–Crippen MR) is 74.6 cm³/mol. The van der Waals surface area contributed by atoms with Crippen LogP contribution in [0.5, 0.6) is 0 Å². The van der Waals surface area contributed by atoms with Gasteiger partial charge in [-0.2, -0.15) is 0 Å². The summed E-state index contributed by atoms with van der Waals surface area (Å²) in [6, 6.07) is 0.425. The van der Waals surface area contributed by atoms with Crippen molar-refractivity contribution < 1.29 is 0 Å². The van der Waals surface area contributed by atoms with Crippen LogP contribution < -0.4 is 0 Å². The highest BCUT2D eigenvalue weighted by Gasteiger charge is 2.27. The SMILES string of the molecule is CC(C)n1nnc2c1CCC(C(C)(C)C)CCC2. The molecule has 102 valence electrons. The van der Waals surface area contributed by atoms with Crippen molar-refractivity contribution in [2.75, 3.05) is 0 Å². The molecule has 1 aliphatic rings. The van der Waals surface area contributed by atoms with E-state index in [1.54, 1.807) is 0 Å². The maximum absolute atomic E-state index is 4.38. The number of nitrogens with zero attached hydrogens (tertiary/aromatic N) is 3. The Bertz CT molecular complexity index is 398. The summed E-state index contributed by atoms with van der Waals surface area (Å²) in [4.78, 5) is 0. The summed E-state index contributed by atoms with van der Waals surface area (Å²) in [6.07, 6.45) is 6.11. The van der Waals surface area contributed by atoms with Crippen molar-refractivity contribution in [2.24, 2.45) is 11.3 Å². The molecule has 3 heteroatoms. The van der Waals surface area contributed by atoms with E-state index in [1.165, 1.54) is 30.7 Å². The number of aromatic nitrogens is 3. The van der Waals surface area contributed by atoms with E-state index in [-0.39, 0.29) is 0 Å². The third-order valence-electron chi connectivity index (χ3n) is 4.28. The molecular weight excluding hydrogens is 222 g/mol. The molecule has 0 N–H and O–H groups in total. The van der Waals surface area contributed by atoms with Gasteiger partial charge in [-0.3, -0.25) is 0 Å². The predicted octanol–water partition coefficient (Wildman–Crippen LogP) is 3.79.